The zero-order chi connectivity index (χ0) is 19.5. The molecule has 1 rings (SSSR count). The Kier molecular flexibility index (Phi) is 10.5. The summed E-state index contributed by atoms with van der Waals surface area (Å²) >= 11 is 0. The monoisotopic (exact) mass is 363 g/mol. The molecule has 1 N–H and O–H groups in total. The summed E-state index contributed by atoms with van der Waals surface area (Å²) in [5.74, 6) is 0.596. The summed E-state index contributed by atoms with van der Waals surface area (Å²) in [6, 6.07) is 10.2. The minimum Gasteiger partial charge on any atom is -0.356 e. The van der Waals surface area contributed by atoms with Gasteiger partial charge in [-0.25, -0.2) is 0 Å². The maximum absolute atomic E-state index is 12.5. The smallest absolute Gasteiger partial charge is 0.220 e. The van der Waals surface area contributed by atoms with E-state index in [2.05, 4.69) is 31.3 Å². The van der Waals surface area contributed by atoms with Crippen molar-refractivity contribution in [3.05, 3.63) is 35.9 Å². The van der Waals surface area contributed by atoms with Crippen LogP contribution < -0.4 is 5.32 Å². The van der Waals surface area contributed by atoms with Gasteiger partial charge in [-0.2, -0.15) is 0 Å². The minimum absolute atomic E-state index is 0.0523. The standard InChI is InChI=1S/C22H37NO3/c1-16(2)14-20(22(25-17(3)4)26-18(5)6)15-21(24)23-13-12-19-10-8-7-9-11-19/h7-11,16-18,20,22H,12-15H2,1-6H3,(H,23,24). The fourth-order valence-corrected chi connectivity index (χ4v) is 2.99. The molecular weight excluding hydrogens is 326 g/mol. The summed E-state index contributed by atoms with van der Waals surface area (Å²) in [5, 5.41) is 3.05. The van der Waals surface area contributed by atoms with Gasteiger partial charge in [0, 0.05) is 18.9 Å². The average molecular weight is 364 g/mol. The molecule has 0 aliphatic carbocycles. The van der Waals surface area contributed by atoms with Crippen molar-refractivity contribution in [1.82, 2.24) is 5.32 Å². The third-order valence-electron chi connectivity index (χ3n) is 4.00. The number of benzene rings is 1. The van der Waals surface area contributed by atoms with Crippen molar-refractivity contribution in [3.8, 4) is 0 Å². The van der Waals surface area contributed by atoms with Crippen LogP contribution >= 0.6 is 0 Å². The third-order valence-corrected chi connectivity index (χ3v) is 4.00. The Morgan fingerprint density at radius 2 is 1.54 bits per heavy atom. The quantitative estimate of drug-likeness (QED) is 0.553. The molecule has 1 aromatic rings. The number of carbonyl (C=O) groups is 1. The molecule has 0 aliphatic heterocycles. The molecule has 4 heteroatoms. The van der Waals surface area contributed by atoms with Crippen LogP contribution in [0.5, 0.6) is 0 Å². The molecular formula is C22H37NO3. The normalized spacial score (nSPS) is 13.0. The van der Waals surface area contributed by atoms with Crippen LogP contribution in [-0.2, 0) is 20.7 Å². The first-order chi connectivity index (χ1) is 12.3. The molecule has 1 atom stereocenters. The maximum atomic E-state index is 12.5. The summed E-state index contributed by atoms with van der Waals surface area (Å²) in [6.07, 6.45) is 1.95. The molecule has 0 saturated heterocycles. The van der Waals surface area contributed by atoms with Crippen molar-refractivity contribution < 1.29 is 14.3 Å². The fraction of sp³-hybridized carbons (Fsp3) is 0.682. The van der Waals surface area contributed by atoms with Gasteiger partial charge < -0.3 is 14.8 Å². The first-order valence-corrected chi connectivity index (χ1v) is 9.89. The van der Waals surface area contributed by atoms with Gasteiger partial charge in [-0.05, 0) is 52.0 Å². The second-order valence-electron chi connectivity index (χ2n) is 7.92. The molecule has 0 heterocycles. The Morgan fingerprint density at radius 3 is 2.04 bits per heavy atom. The first kappa shape index (κ1) is 22.7. The zero-order valence-electron chi connectivity index (χ0n) is 17.3. The summed E-state index contributed by atoms with van der Waals surface area (Å²) in [5.41, 5.74) is 1.23. The number of ether oxygens (including phenoxy) is 2. The van der Waals surface area contributed by atoms with Crippen molar-refractivity contribution in [2.45, 2.75) is 79.3 Å². The summed E-state index contributed by atoms with van der Waals surface area (Å²) < 4.78 is 12.0. The number of rotatable bonds is 12. The van der Waals surface area contributed by atoms with E-state index in [1.54, 1.807) is 0 Å². The van der Waals surface area contributed by atoms with Gasteiger partial charge in [0.25, 0.3) is 0 Å². The molecule has 148 valence electrons. The molecule has 1 aromatic carbocycles. The summed E-state index contributed by atoms with van der Waals surface area (Å²) in [4.78, 5) is 12.5. The lowest BCUT2D eigenvalue weighted by Gasteiger charge is -2.31. The number of hydrogen-bond acceptors (Lipinski definition) is 3. The van der Waals surface area contributed by atoms with Gasteiger partial charge >= 0.3 is 0 Å². The van der Waals surface area contributed by atoms with Crippen LogP contribution in [0, 0.1) is 11.8 Å². The van der Waals surface area contributed by atoms with Gasteiger partial charge in [0.05, 0.1) is 12.2 Å². The number of hydrogen-bond donors (Lipinski definition) is 1. The lowest BCUT2D eigenvalue weighted by atomic mass is 9.93. The lowest BCUT2D eigenvalue weighted by Crippen LogP contribution is -2.37. The van der Waals surface area contributed by atoms with Gasteiger partial charge in [0.1, 0.15) is 0 Å². The van der Waals surface area contributed by atoms with E-state index in [0.29, 0.717) is 18.9 Å². The number of amides is 1. The van der Waals surface area contributed by atoms with E-state index in [4.69, 9.17) is 9.47 Å². The van der Waals surface area contributed by atoms with Gasteiger partial charge in [-0.3, -0.25) is 4.79 Å². The zero-order valence-corrected chi connectivity index (χ0v) is 17.3. The molecule has 0 aliphatic rings. The van der Waals surface area contributed by atoms with E-state index in [-0.39, 0.29) is 30.3 Å². The van der Waals surface area contributed by atoms with Crippen molar-refractivity contribution in [2.24, 2.45) is 11.8 Å². The largest absolute Gasteiger partial charge is 0.356 e. The van der Waals surface area contributed by atoms with Crippen LogP contribution in [0.2, 0.25) is 0 Å². The van der Waals surface area contributed by atoms with E-state index in [0.717, 1.165) is 12.8 Å². The van der Waals surface area contributed by atoms with Gasteiger partial charge in [0.2, 0.25) is 5.91 Å². The second kappa shape index (κ2) is 12.1. The van der Waals surface area contributed by atoms with E-state index < -0.39 is 0 Å². The fourth-order valence-electron chi connectivity index (χ4n) is 2.99. The molecule has 0 spiro atoms. The lowest BCUT2D eigenvalue weighted by molar-refractivity contribution is -0.211. The number of nitrogens with one attached hydrogen (secondary N) is 1. The highest BCUT2D eigenvalue weighted by molar-refractivity contribution is 5.76. The van der Waals surface area contributed by atoms with Crippen molar-refractivity contribution in [3.63, 3.8) is 0 Å². The topological polar surface area (TPSA) is 47.6 Å². The molecule has 0 fully saturated rings. The van der Waals surface area contributed by atoms with Crippen LogP contribution in [-0.4, -0.2) is 30.9 Å². The van der Waals surface area contributed by atoms with Crippen LogP contribution in [0.1, 0.15) is 59.9 Å². The van der Waals surface area contributed by atoms with E-state index in [1.807, 2.05) is 45.9 Å². The van der Waals surface area contributed by atoms with Gasteiger partial charge in [-0.1, -0.05) is 44.2 Å². The predicted octanol–water partition coefficient (Wildman–Crippen LogP) is 4.57. The molecule has 0 bridgehead atoms. The SMILES string of the molecule is CC(C)CC(CC(=O)NCCc1ccccc1)C(OC(C)C)OC(C)C. The molecule has 1 amide bonds. The molecule has 1 unspecified atom stereocenters. The molecule has 4 nitrogen and oxygen atoms in total. The van der Waals surface area contributed by atoms with Crippen LogP contribution in [0.4, 0.5) is 0 Å². The Morgan fingerprint density at radius 1 is 0.962 bits per heavy atom. The molecule has 0 radical (unpaired) electrons. The summed E-state index contributed by atoms with van der Waals surface area (Å²) in [7, 11) is 0. The Hall–Kier alpha value is -1.39. The summed E-state index contributed by atoms with van der Waals surface area (Å²) in [6.45, 7) is 13.0. The van der Waals surface area contributed by atoms with Crippen molar-refractivity contribution in [2.75, 3.05) is 6.54 Å². The minimum atomic E-state index is -0.350. The van der Waals surface area contributed by atoms with E-state index >= 15 is 0 Å². The van der Waals surface area contributed by atoms with Crippen LogP contribution in [0.15, 0.2) is 30.3 Å². The number of carbonyl (C=O) groups excluding carboxylic acids is 1. The van der Waals surface area contributed by atoms with Crippen molar-refractivity contribution in [1.29, 1.82) is 0 Å². The van der Waals surface area contributed by atoms with Gasteiger partial charge in [0.15, 0.2) is 6.29 Å². The first-order valence-electron chi connectivity index (χ1n) is 9.89. The second-order valence-corrected chi connectivity index (χ2v) is 7.92. The Labute approximate surface area is 159 Å². The average Bonchev–Trinajstić information content (AvgIpc) is 2.53. The Balaban J connectivity index is 2.61. The molecule has 26 heavy (non-hydrogen) atoms. The van der Waals surface area contributed by atoms with E-state index in [9.17, 15) is 4.79 Å². The molecule has 0 saturated carbocycles. The highest BCUT2D eigenvalue weighted by Crippen LogP contribution is 2.24. The Bertz CT molecular complexity index is 489. The highest BCUT2D eigenvalue weighted by Gasteiger charge is 2.28. The maximum Gasteiger partial charge on any atom is 0.220 e. The van der Waals surface area contributed by atoms with Crippen LogP contribution in [0.25, 0.3) is 0 Å². The van der Waals surface area contributed by atoms with Crippen molar-refractivity contribution >= 4 is 5.91 Å². The highest BCUT2D eigenvalue weighted by atomic mass is 16.7. The third kappa shape index (κ3) is 9.93. The predicted molar refractivity (Wildman–Crippen MR) is 107 cm³/mol. The van der Waals surface area contributed by atoms with Gasteiger partial charge in [-0.15, -0.1) is 0 Å². The van der Waals surface area contributed by atoms with Crippen LogP contribution in [0.3, 0.4) is 0 Å². The molecule has 0 aromatic heterocycles. The van der Waals surface area contributed by atoms with E-state index in [1.165, 1.54) is 5.56 Å².